The van der Waals surface area contributed by atoms with Gasteiger partial charge in [-0.2, -0.15) is 0 Å². The van der Waals surface area contributed by atoms with Gasteiger partial charge in [-0.25, -0.2) is 9.37 Å². The summed E-state index contributed by atoms with van der Waals surface area (Å²) in [4.78, 5) is 4.08. The van der Waals surface area contributed by atoms with E-state index in [-0.39, 0.29) is 10.0 Å². The number of aromatic nitrogens is 1. The number of hydrogen-bond acceptors (Lipinski definition) is 3. The smallest absolute Gasteiger partial charge is 0.153 e. The van der Waals surface area contributed by atoms with Crippen LogP contribution in [0.5, 0.6) is 0 Å². The Morgan fingerprint density at radius 3 is 2.39 bits per heavy atom. The molecule has 0 aliphatic rings. The average Bonchev–Trinajstić information content (AvgIpc) is 2.25. The van der Waals surface area contributed by atoms with Crippen LogP contribution in [0.15, 0.2) is 28.9 Å². The molecule has 94 valence electrons. The second kappa shape index (κ2) is 5.30. The van der Waals surface area contributed by atoms with Gasteiger partial charge >= 0.3 is 0 Å². The zero-order valence-corrected chi connectivity index (χ0v) is 11.9. The maximum Gasteiger partial charge on any atom is 0.153 e. The van der Waals surface area contributed by atoms with Gasteiger partial charge in [-0.3, -0.25) is 0 Å². The number of anilines is 3. The standard InChI is InChI=1S/C11H7BrCl2FN3/c12-5-1-9(16)11(17-4-5)18-10-7(13)2-6(15)3-8(10)14/h1-4H,16H2,(H,17,18). The molecule has 0 aliphatic carbocycles. The predicted octanol–water partition coefficient (Wildman–Crippen LogP) is 4.62. The molecule has 0 spiro atoms. The number of rotatable bonds is 2. The Labute approximate surface area is 121 Å². The number of halogens is 4. The van der Waals surface area contributed by atoms with Crippen LogP contribution in [0.3, 0.4) is 0 Å². The molecule has 0 amide bonds. The summed E-state index contributed by atoms with van der Waals surface area (Å²) >= 11 is 15.1. The molecule has 1 aromatic carbocycles. The molecule has 0 fully saturated rings. The van der Waals surface area contributed by atoms with Gasteiger partial charge in [0, 0.05) is 10.7 Å². The van der Waals surface area contributed by atoms with Crippen LogP contribution in [0.2, 0.25) is 10.0 Å². The van der Waals surface area contributed by atoms with Crippen LogP contribution in [0.4, 0.5) is 21.6 Å². The summed E-state index contributed by atoms with van der Waals surface area (Å²) in [5, 5.41) is 3.19. The minimum absolute atomic E-state index is 0.157. The first kappa shape index (κ1) is 13.4. The molecule has 1 aromatic heterocycles. The summed E-state index contributed by atoms with van der Waals surface area (Å²) in [7, 11) is 0. The molecule has 0 bridgehead atoms. The third kappa shape index (κ3) is 2.85. The monoisotopic (exact) mass is 349 g/mol. The van der Waals surface area contributed by atoms with Crippen molar-refractivity contribution in [3.63, 3.8) is 0 Å². The van der Waals surface area contributed by atoms with E-state index in [9.17, 15) is 4.39 Å². The molecule has 1 heterocycles. The number of nitrogens with zero attached hydrogens (tertiary/aromatic N) is 1. The maximum absolute atomic E-state index is 13.0. The van der Waals surface area contributed by atoms with Crippen LogP contribution in [0.25, 0.3) is 0 Å². The van der Waals surface area contributed by atoms with Gasteiger partial charge in [0.25, 0.3) is 0 Å². The van der Waals surface area contributed by atoms with Gasteiger partial charge in [0.2, 0.25) is 0 Å². The molecule has 3 nitrogen and oxygen atoms in total. The van der Waals surface area contributed by atoms with Crippen molar-refractivity contribution in [1.82, 2.24) is 4.98 Å². The van der Waals surface area contributed by atoms with Gasteiger partial charge < -0.3 is 11.1 Å². The highest BCUT2D eigenvalue weighted by atomic mass is 79.9. The van der Waals surface area contributed by atoms with Crippen molar-refractivity contribution in [3.05, 3.63) is 44.7 Å². The SMILES string of the molecule is Nc1cc(Br)cnc1Nc1c(Cl)cc(F)cc1Cl. The largest absolute Gasteiger partial charge is 0.396 e. The van der Waals surface area contributed by atoms with Gasteiger partial charge in [-0.1, -0.05) is 23.2 Å². The molecule has 0 radical (unpaired) electrons. The fraction of sp³-hybridized carbons (Fsp3) is 0. The number of hydrogen-bond donors (Lipinski definition) is 2. The van der Waals surface area contributed by atoms with Gasteiger partial charge in [0.05, 0.1) is 21.4 Å². The summed E-state index contributed by atoms with van der Waals surface area (Å²) < 4.78 is 13.8. The van der Waals surface area contributed by atoms with E-state index in [2.05, 4.69) is 26.2 Å². The number of pyridine rings is 1. The predicted molar refractivity (Wildman–Crippen MR) is 76.1 cm³/mol. The van der Waals surface area contributed by atoms with Crippen molar-refractivity contribution in [2.75, 3.05) is 11.1 Å². The summed E-state index contributed by atoms with van der Waals surface area (Å²) in [6.07, 6.45) is 1.57. The van der Waals surface area contributed by atoms with Gasteiger partial charge in [0.15, 0.2) is 5.82 Å². The lowest BCUT2D eigenvalue weighted by Crippen LogP contribution is -2.00. The highest BCUT2D eigenvalue weighted by molar-refractivity contribution is 9.10. The third-order valence-electron chi connectivity index (χ3n) is 2.13. The van der Waals surface area contributed by atoms with E-state index in [1.54, 1.807) is 12.3 Å². The van der Waals surface area contributed by atoms with Crippen LogP contribution in [0.1, 0.15) is 0 Å². The first-order chi connectivity index (χ1) is 8.47. The van der Waals surface area contributed by atoms with E-state index in [4.69, 9.17) is 28.9 Å². The Hall–Kier alpha value is -1.04. The Balaban J connectivity index is 2.40. The first-order valence-corrected chi connectivity index (χ1v) is 6.35. The molecule has 0 saturated carbocycles. The molecule has 3 N–H and O–H groups in total. The quantitative estimate of drug-likeness (QED) is 0.831. The average molecular weight is 351 g/mol. The molecular formula is C11H7BrCl2FN3. The molecular weight excluding hydrogens is 344 g/mol. The van der Waals surface area contributed by atoms with Crippen LogP contribution in [-0.2, 0) is 0 Å². The number of nitrogens with two attached hydrogens (primary N) is 1. The van der Waals surface area contributed by atoms with Crippen molar-refractivity contribution >= 4 is 56.3 Å². The van der Waals surface area contributed by atoms with Crippen LogP contribution >= 0.6 is 39.1 Å². The number of nitrogen functional groups attached to an aromatic ring is 1. The van der Waals surface area contributed by atoms with E-state index in [0.29, 0.717) is 17.2 Å². The lowest BCUT2D eigenvalue weighted by molar-refractivity contribution is 0.628. The molecule has 2 rings (SSSR count). The van der Waals surface area contributed by atoms with E-state index in [1.807, 2.05) is 0 Å². The second-order valence-corrected chi connectivity index (χ2v) is 5.19. The van der Waals surface area contributed by atoms with E-state index in [1.165, 1.54) is 0 Å². The molecule has 7 heteroatoms. The highest BCUT2D eigenvalue weighted by Gasteiger charge is 2.11. The fourth-order valence-corrected chi connectivity index (χ4v) is 2.24. The molecule has 18 heavy (non-hydrogen) atoms. The van der Waals surface area contributed by atoms with Gasteiger partial charge in [-0.05, 0) is 34.1 Å². The molecule has 2 aromatic rings. The van der Waals surface area contributed by atoms with Crippen LogP contribution < -0.4 is 11.1 Å². The minimum Gasteiger partial charge on any atom is -0.396 e. The zero-order valence-electron chi connectivity index (χ0n) is 8.85. The van der Waals surface area contributed by atoms with Gasteiger partial charge in [0.1, 0.15) is 5.82 Å². The Morgan fingerprint density at radius 1 is 1.22 bits per heavy atom. The van der Waals surface area contributed by atoms with Crippen LogP contribution in [-0.4, -0.2) is 4.98 Å². The normalized spacial score (nSPS) is 10.4. The van der Waals surface area contributed by atoms with Gasteiger partial charge in [-0.15, -0.1) is 0 Å². The Kier molecular flexibility index (Phi) is 3.94. The van der Waals surface area contributed by atoms with E-state index < -0.39 is 5.82 Å². The van der Waals surface area contributed by atoms with E-state index >= 15 is 0 Å². The van der Waals surface area contributed by atoms with E-state index in [0.717, 1.165) is 16.6 Å². The second-order valence-electron chi connectivity index (χ2n) is 3.46. The van der Waals surface area contributed by atoms with Crippen molar-refractivity contribution < 1.29 is 4.39 Å². The lowest BCUT2D eigenvalue weighted by Gasteiger charge is -2.11. The molecule has 0 saturated heterocycles. The lowest BCUT2D eigenvalue weighted by atomic mass is 10.3. The topological polar surface area (TPSA) is 50.9 Å². The van der Waals surface area contributed by atoms with Crippen molar-refractivity contribution in [1.29, 1.82) is 0 Å². The molecule has 0 aliphatic heterocycles. The summed E-state index contributed by atoms with van der Waals surface area (Å²) in [6.45, 7) is 0. The van der Waals surface area contributed by atoms with Crippen molar-refractivity contribution in [2.24, 2.45) is 0 Å². The zero-order chi connectivity index (χ0) is 13.3. The number of nitrogens with one attached hydrogen (secondary N) is 1. The molecule has 0 unspecified atom stereocenters. The van der Waals surface area contributed by atoms with Crippen molar-refractivity contribution in [2.45, 2.75) is 0 Å². The minimum atomic E-state index is -0.507. The maximum atomic E-state index is 13.0. The summed E-state index contributed by atoms with van der Waals surface area (Å²) in [5.74, 6) is -0.110. The van der Waals surface area contributed by atoms with Crippen molar-refractivity contribution in [3.8, 4) is 0 Å². The summed E-state index contributed by atoms with van der Waals surface area (Å²) in [6, 6.07) is 4.00. The summed E-state index contributed by atoms with van der Waals surface area (Å²) in [5.41, 5.74) is 6.56. The molecule has 0 atom stereocenters. The van der Waals surface area contributed by atoms with Crippen LogP contribution in [0, 0.1) is 5.82 Å². The Morgan fingerprint density at radius 2 is 1.83 bits per heavy atom. The fourth-order valence-electron chi connectivity index (χ4n) is 1.34. The first-order valence-electron chi connectivity index (χ1n) is 4.80. The highest BCUT2D eigenvalue weighted by Crippen LogP contribution is 2.34. The number of benzene rings is 1. The third-order valence-corrected chi connectivity index (χ3v) is 3.16. The Bertz CT molecular complexity index is 584.